The minimum Gasteiger partial charge on any atom is -0.478 e. The Morgan fingerprint density at radius 1 is 1.12 bits per heavy atom. The number of para-hydroxylation sites is 1. The van der Waals surface area contributed by atoms with Crippen LogP contribution in [0, 0.1) is 0 Å². The largest absolute Gasteiger partial charge is 0.478 e. The molecule has 0 aliphatic rings. The van der Waals surface area contributed by atoms with E-state index in [1.807, 2.05) is 6.07 Å². The summed E-state index contributed by atoms with van der Waals surface area (Å²) in [7, 11) is 0. The summed E-state index contributed by atoms with van der Waals surface area (Å²) in [5.74, 6) is -0.915. The Morgan fingerprint density at radius 2 is 1.84 bits per heavy atom. The molecule has 2 N–H and O–H groups in total. The molecular weight excluding hydrogens is 324 g/mol. The topological polar surface area (TPSA) is 110 Å². The van der Waals surface area contributed by atoms with E-state index in [9.17, 15) is 9.59 Å². The van der Waals surface area contributed by atoms with Crippen LogP contribution in [0.5, 0.6) is 0 Å². The Hall–Kier alpha value is -3.68. The first kappa shape index (κ1) is 16.2. The molecule has 0 aliphatic heterocycles. The van der Waals surface area contributed by atoms with Gasteiger partial charge >= 0.3 is 5.97 Å². The predicted molar refractivity (Wildman–Crippen MR) is 87.7 cm³/mol. The minimum atomic E-state index is -0.980. The monoisotopic (exact) mass is 338 g/mol. The first-order valence-electron chi connectivity index (χ1n) is 7.36. The second-order valence-corrected chi connectivity index (χ2v) is 5.15. The highest BCUT2D eigenvalue weighted by Crippen LogP contribution is 2.17. The number of hydrogen-bond donors (Lipinski definition) is 2. The average molecular weight is 338 g/mol. The van der Waals surface area contributed by atoms with Gasteiger partial charge in [-0.15, -0.1) is 0 Å². The highest BCUT2D eigenvalue weighted by molar-refractivity contribution is 6.03. The summed E-state index contributed by atoms with van der Waals surface area (Å²) in [5, 5.41) is 19.0. The summed E-state index contributed by atoms with van der Waals surface area (Å²) in [6.45, 7) is 0.360. The van der Waals surface area contributed by atoms with Gasteiger partial charge in [0.15, 0.2) is 11.3 Å². The van der Waals surface area contributed by atoms with Crippen LogP contribution in [0.1, 0.15) is 15.9 Å². The molecule has 0 saturated heterocycles. The normalized spacial score (nSPS) is 10.2. The number of nitrogens with one attached hydrogen (secondary N) is 1. The van der Waals surface area contributed by atoms with E-state index in [0.29, 0.717) is 12.2 Å². The maximum absolute atomic E-state index is 11.8. The lowest BCUT2D eigenvalue weighted by Gasteiger charge is -2.12. The number of rotatable bonds is 5. The summed E-state index contributed by atoms with van der Waals surface area (Å²) in [4.78, 5) is 22.6. The van der Waals surface area contributed by atoms with Crippen LogP contribution in [0.2, 0.25) is 0 Å². The molecule has 0 saturated carbocycles. The number of amides is 2. The highest BCUT2D eigenvalue weighted by Gasteiger charge is 2.11. The number of aromatic carboxylic acids is 1. The van der Waals surface area contributed by atoms with Crippen LogP contribution in [0.15, 0.2) is 65.3 Å². The molecule has 25 heavy (non-hydrogen) atoms. The summed E-state index contributed by atoms with van der Waals surface area (Å²) < 4.78 is 6.46. The van der Waals surface area contributed by atoms with Crippen LogP contribution < -0.4 is 10.00 Å². The van der Waals surface area contributed by atoms with Gasteiger partial charge in [0.2, 0.25) is 18.6 Å². The van der Waals surface area contributed by atoms with E-state index in [1.54, 1.807) is 36.4 Å². The molecule has 0 unspecified atom stereocenters. The van der Waals surface area contributed by atoms with Gasteiger partial charge in [0.1, 0.15) is 0 Å². The third kappa shape index (κ3) is 4.41. The van der Waals surface area contributed by atoms with Gasteiger partial charge in [0, 0.05) is 5.56 Å². The van der Waals surface area contributed by atoms with E-state index >= 15 is 0 Å². The molecule has 2 amide bonds. The smallest absolute Gasteiger partial charge is 0.335 e. The molecule has 3 rings (SSSR count). The van der Waals surface area contributed by atoms with Crippen LogP contribution in [0.25, 0.3) is 5.32 Å². The highest BCUT2D eigenvalue weighted by atomic mass is 16.5. The number of benzene rings is 2. The van der Waals surface area contributed by atoms with Crippen LogP contribution in [-0.2, 0) is 6.54 Å². The number of carbonyl (C=O) groups excluding carboxylic acids is 1. The second-order valence-electron chi connectivity index (χ2n) is 5.15. The molecule has 126 valence electrons. The van der Waals surface area contributed by atoms with Gasteiger partial charge in [-0.25, -0.2) is 4.79 Å². The molecule has 8 nitrogen and oxygen atoms in total. The first-order chi connectivity index (χ1) is 12.1. The Kier molecular flexibility index (Phi) is 4.70. The molecule has 0 aliphatic carbocycles. The van der Waals surface area contributed by atoms with Crippen molar-refractivity contribution in [2.75, 3.05) is 5.32 Å². The maximum atomic E-state index is 11.8. The van der Waals surface area contributed by atoms with Crippen molar-refractivity contribution in [1.29, 1.82) is 0 Å². The maximum Gasteiger partial charge on any atom is 0.335 e. The molecule has 3 aromatic rings. The van der Waals surface area contributed by atoms with E-state index in [-0.39, 0.29) is 11.4 Å². The number of anilines is 1. The lowest BCUT2D eigenvalue weighted by molar-refractivity contribution is -0.754. The molecule has 0 atom stereocenters. The van der Waals surface area contributed by atoms with E-state index < -0.39 is 12.0 Å². The zero-order valence-electron chi connectivity index (χ0n) is 13.0. The van der Waals surface area contributed by atoms with Crippen molar-refractivity contribution < 1.29 is 23.9 Å². The molecular formula is C17H14N4O4. The number of carbonyl (C=O) groups is 2. The van der Waals surface area contributed by atoms with Crippen molar-refractivity contribution >= 4 is 23.6 Å². The average Bonchev–Trinajstić information content (AvgIpc) is 3.03. The van der Waals surface area contributed by atoms with Gasteiger partial charge in [-0.05, 0) is 22.5 Å². The van der Waals surface area contributed by atoms with E-state index in [2.05, 4.69) is 15.9 Å². The van der Waals surface area contributed by atoms with Gasteiger partial charge in [0.05, 0.1) is 5.56 Å². The number of nitrogens with zero attached hydrogens (tertiary/aromatic N) is 3. The third-order valence-electron chi connectivity index (χ3n) is 3.28. The molecule has 0 radical (unpaired) electrons. The lowest BCUT2D eigenvalue weighted by atomic mass is 10.1. The SMILES string of the molecule is O=C([N-]c1c[n+](Cc2ccc(C(=O)O)cc2)no1)Nc1ccccc1. The number of aromatic nitrogens is 2. The van der Waals surface area contributed by atoms with Gasteiger partial charge < -0.3 is 20.3 Å². The van der Waals surface area contributed by atoms with Crippen molar-refractivity contribution in [2.45, 2.75) is 6.54 Å². The Balaban J connectivity index is 1.58. The fraction of sp³-hybridized carbons (Fsp3) is 0.0588. The summed E-state index contributed by atoms with van der Waals surface area (Å²) in [6, 6.07) is 14.8. The fourth-order valence-corrected chi connectivity index (χ4v) is 2.11. The van der Waals surface area contributed by atoms with E-state index in [0.717, 1.165) is 5.56 Å². The predicted octanol–water partition coefficient (Wildman–Crippen LogP) is 2.95. The summed E-state index contributed by atoms with van der Waals surface area (Å²) in [5.41, 5.74) is 1.67. The molecule has 8 heteroatoms. The molecule has 1 aromatic heterocycles. The zero-order valence-corrected chi connectivity index (χ0v) is 13.0. The molecule has 0 spiro atoms. The van der Waals surface area contributed by atoms with Crippen LogP contribution in [-0.4, -0.2) is 22.4 Å². The third-order valence-corrected chi connectivity index (χ3v) is 3.28. The van der Waals surface area contributed by atoms with Crippen molar-refractivity contribution in [2.24, 2.45) is 0 Å². The van der Waals surface area contributed by atoms with Crippen molar-refractivity contribution in [3.8, 4) is 0 Å². The Bertz CT molecular complexity index is 875. The molecule has 2 aromatic carbocycles. The number of carboxylic acid groups (broad SMARTS) is 1. The van der Waals surface area contributed by atoms with Crippen molar-refractivity contribution in [3.63, 3.8) is 0 Å². The standard InChI is InChI=1S/C17H14N4O4/c22-16(23)13-8-6-12(7-9-13)10-21-11-15(25-20-21)19-17(24)18-14-4-2-1-3-5-14/h1-9,11H,10H2,(H2-,18,19,20,22,23,24). The second kappa shape index (κ2) is 7.26. The van der Waals surface area contributed by atoms with Gasteiger partial charge in [-0.1, -0.05) is 42.5 Å². The lowest BCUT2D eigenvalue weighted by Crippen LogP contribution is -2.35. The zero-order chi connectivity index (χ0) is 17.6. The molecule has 0 bridgehead atoms. The quantitative estimate of drug-likeness (QED) is 0.695. The van der Waals surface area contributed by atoms with E-state index in [1.165, 1.54) is 23.0 Å². The fourth-order valence-electron chi connectivity index (χ4n) is 2.11. The van der Waals surface area contributed by atoms with Gasteiger partial charge in [-0.3, -0.25) is 4.79 Å². The minimum absolute atomic E-state index is 0.0654. The summed E-state index contributed by atoms with van der Waals surface area (Å²) >= 11 is 0. The first-order valence-corrected chi connectivity index (χ1v) is 7.36. The van der Waals surface area contributed by atoms with Crippen molar-refractivity contribution in [3.05, 3.63) is 77.2 Å². The summed E-state index contributed by atoms with van der Waals surface area (Å²) in [6.07, 6.45) is 1.48. The Morgan fingerprint density at radius 3 is 2.52 bits per heavy atom. The van der Waals surface area contributed by atoms with Crippen LogP contribution in [0.4, 0.5) is 16.4 Å². The number of carboxylic acids is 1. The number of hydrogen-bond acceptors (Lipinski definition) is 4. The van der Waals surface area contributed by atoms with Crippen LogP contribution >= 0.6 is 0 Å². The number of urea groups is 1. The van der Waals surface area contributed by atoms with Crippen LogP contribution in [0.3, 0.4) is 0 Å². The van der Waals surface area contributed by atoms with Gasteiger partial charge in [-0.2, -0.15) is 0 Å². The van der Waals surface area contributed by atoms with E-state index in [4.69, 9.17) is 9.63 Å². The molecule has 1 heterocycles. The van der Waals surface area contributed by atoms with Crippen molar-refractivity contribution in [1.82, 2.24) is 5.27 Å². The van der Waals surface area contributed by atoms with Gasteiger partial charge in [0.25, 0.3) is 0 Å². The molecule has 0 fully saturated rings. The Labute approximate surface area is 142 Å².